The van der Waals surface area contributed by atoms with Crippen molar-refractivity contribution in [3.05, 3.63) is 23.3 Å². The topological polar surface area (TPSA) is 71.1 Å². The average Bonchev–Trinajstić information content (AvgIpc) is 2.83. The molecule has 0 amide bonds. The number of carbonyl (C=O) groups excluding carboxylic acids is 2. The van der Waals surface area contributed by atoms with E-state index in [4.69, 9.17) is 18.9 Å². The predicted molar refractivity (Wildman–Crippen MR) is 92.3 cm³/mol. The van der Waals surface area contributed by atoms with Gasteiger partial charge in [-0.2, -0.15) is 0 Å². The fraction of sp³-hybridized carbons (Fsp3) is 0.600. The van der Waals surface area contributed by atoms with Crippen LogP contribution in [-0.2, 0) is 25.5 Å². The number of esters is 2. The molecule has 4 rings (SSSR count). The van der Waals surface area contributed by atoms with Crippen molar-refractivity contribution >= 4 is 11.9 Å². The molecule has 1 aromatic carbocycles. The van der Waals surface area contributed by atoms with E-state index < -0.39 is 17.4 Å². The molecule has 0 spiro atoms. The van der Waals surface area contributed by atoms with Gasteiger partial charge in [0.25, 0.3) is 0 Å². The minimum Gasteiger partial charge on any atom is -0.497 e. The molecule has 26 heavy (non-hydrogen) atoms. The molecular weight excluding hydrogens is 336 g/mol. The van der Waals surface area contributed by atoms with Crippen LogP contribution in [0, 0.1) is 11.3 Å². The molecule has 2 fully saturated rings. The molecule has 3 aliphatic rings. The van der Waals surface area contributed by atoms with Gasteiger partial charge in [0.2, 0.25) is 0 Å². The molecule has 1 aromatic rings. The Morgan fingerprint density at radius 3 is 2.62 bits per heavy atom. The highest BCUT2D eigenvalue weighted by molar-refractivity contribution is 6.02. The smallest absolute Gasteiger partial charge is 0.324 e. The Morgan fingerprint density at radius 1 is 1.15 bits per heavy atom. The number of benzene rings is 1. The molecule has 0 N–H and O–H groups in total. The number of carbonyl (C=O) groups is 2. The van der Waals surface area contributed by atoms with Gasteiger partial charge in [0.1, 0.15) is 17.6 Å². The van der Waals surface area contributed by atoms with Gasteiger partial charge < -0.3 is 18.9 Å². The van der Waals surface area contributed by atoms with Gasteiger partial charge in [-0.05, 0) is 36.8 Å². The molecule has 0 radical (unpaired) electrons. The molecular formula is C20H24O6. The summed E-state index contributed by atoms with van der Waals surface area (Å²) in [6.07, 6.45) is 3.60. The molecule has 6 heteroatoms. The molecule has 4 bridgehead atoms. The van der Waals surface area contributed by atoms with Crippen LogP contribution in [0.2, 0.25) is 0 Å². The lowest BCUT2D eigenvalue weighted by Gasteiger charge is -2.51. The first-order valence-corrected chi connectivity index (χ1v) is 9.11. The Bertz CT molecular complexity index is 757. The lowest BCUT2D eigenvalue weighted by molar-refractivity contribution is -0.194. The Kier molecular flexibility index (Phi) is 4.09. The third-order valence-electron chi connectivity index (χ3n) is 6.35. The number of fused-ring (bicyclic) bond motifs is 1. The van der Waals surface area contributed by atoms with Crippen molar-refractivity contribution in [2.45, 2.75) is 44.1 Å². The van der Waals surface area contributed by atoms with E-state index in [2.05, 4.69) is 0 Å². The lowest BCUT2D eigenvalue weighted by Crippen LogP contribution is -2.59. The number of methoxy groups -OCH3 is 3. The molecule has 1 saturated carbocycles. The first-order valence-electron chi connectivity index (χ1n) is 9.11. The van der Waals surface area contributed by atoms with E-state index in [0.717, 1.165) is 42.6 Å². The standard InChI is InChI=1S/C20H24O6/c1-23-12-8-11-10-20(18(21)25-3)13-6-4-5-7-14(26-19(20)22)17(13)16(11)15(9-12)24-2/h8-9,13-14,17H,4-7,10H2,1-3H3/t13-,14+,17-,20+/m0/s1. The van der Waals surface area contributed by atoms with Gasteiger partial charge in [-0.15, -0.1) is 0 Å². The van der Waals surface area contributed by atoms with E-state index in [-0.39, 0.29) is 24.4 Å². The van der Waals surface area contributed by atoms with Gasteiger partial charge >= 0.3 is 11.9 Å². The maximum absolute atomic E-state index is 13.0. The summed E-state index contributed by atoms with van der Waals surface area (Å²) in [6.45, 7) is 0. The molecule has 1 aliphatic heterocycles. The van der Waals surface area contributed by atoms with Crippen molar-refractivity contribution in [2.75, 3.05) is 21.3 Å². The molecule has 0 unspecified atom stereocenters. The summed E-state index contributed by atoms with van der Waals surface area (Å²) in [5.74, 6) is 0.266. The van der Waals surface area contributed by atoms with Crippen LogP contribution >= 0.6 is 0 Å². The summed E-state index contributed by atoms with van der Waals surface area (Å²) in [5.41, 5.74) is 0.693. The zero-order valence-corrected chi connectivity index (χ0v) is 15.4. The van der Waals surface area contributed by atoms with Crippen LogP contribution in [0.15, 0.2) is 12.1 Å². The van der Waals surface area contributed by atoms with E-state index in [1.54, 1.807) is 14.2 Å². The molecule has 0 aromatic heterocycles. The normalized spacial score (nSPS) is 32.0. The summed E-state index contributed by atoms with van der Waals surface area (Å²) in [6, 6.07) is 3.78. The zero-order valence-electron chi connectivity index (χ0n) is 15.4. The predicted octanol–water partition coefficient (Wildman–Crippen LogP) is 2.62. The summed E-state index contributed by atoms with van der Waals surface area (Å²) in [7, 11) is 4.56. The second kappa shape index (κ2) is 6.18. The van der Waals surface area contributed by atoms with Crippen molar-refractivity contribution in [1.29, 1.82) is 0 Å². The van der Waals surface area contributed by atoms with Crippen molar-refractivity contribution in [3.63, 3.8) is 0 Å². The molecule has 1 heterocycles. The summed E-state index contributed by atoms with van der Waals surface area (Å²) >= 11 is 0. The van der Waals surface area contributed by atoms with Crippen LogP contribution < -0.4 is 9.47 Å². The fourth-order valence-corrected chi connectivity index (χ4v) is 5.25. The molecule has 140 valence electrons. The Labute approximate surface area is 152 Å². The number of ether oxygens (including phenoxy) is 4. The second-order valence-corrected chi connectivity index (χ2v) is 7.40. The third kappa shape index (κ3) is 2.17. The van der Waals surface area contributed by atoms with Gasteiger partial charge in [-0.3, -0.25) is 9.59 Å². The minimum atomic E-state index is -1.27. The van der Waals surface area contributed by atoms with Gasteiger partial charge in [-0.25, -0.2) is 0 Å². The fourth-order valence-electron chi connectivity index (χ4n) is 5.25. The van der Waals surface area contributed by atoms with Gasteiger partial charge in [0.05, 0.1) is 21.3 Å². The Balaban J connectivity index is 1.98. The third-order valence-corrected chi connectivity index (χ3v) is 6.35. The zero-order chi connectivity index (χ0) is 18.5. The van der Waals surface area contributed by atoms with Crippen LogP contribution in [0.3, 0.4) is 0 Å². The van der Waals surface area contributed by atoms with E-state index in [1.807, 2.05) is 12.1 Å². The Morgan fingerprint density at radius 2 is 1.92 bits per heavy atom. The van der Waals surface area contributed by atoms with E-state index >= 15 is 0 Å². The van der Waals surface area contributed by atoms with Crippen LogP contribution in [-0.4, -0.2) is 39.4 Å². The van der Waals surface area contributed by atoms with Gasteiger partial charge in [0, 0.05) is 24.0 Å². The van der Waals surface area contributed by atoms with Crippen LogP contribution in [0.5, 0.6) is 11.5 Å². The molecule has 2 aliphatic carbocycles. The van der Waals surface area contributed by atoms with E-state index in [9.17, 15) is 9.59 Å². The van der Waals surface area contributed by atoms with Crippen LogP contribution in [0.4, 0.5) is 0 Å². The van der Waals surface area contributed by atoms with Crippen LogP contribution in [0.25, 0.3) is 0 Å². The van der Waals surface area contributed by atoms with Crippen molar-refractivity contribution in [3.8, 4) is 11.5 Å². The first kappa shape index (κ1) is 17.2. The highest BCUT2D eigenvalue weighted by Crippen LogP contribution is 2.59. The quantitative estimate of drug-likeness (QED) is 0.610. The molecule has 4 atom stereocenters. The Hall–Kier alpha value is -2.24. The van der Waals surface area contributed by atoms with Crippen molar-refractivity contribution in [1.82, 2.24) is 0 Å². The lowest BCUT2D eigenvalue weighted by atomic mass is 9.56. The summed E-state index contributed by atoms with van der Waals surface area (Å²) in [4.78, 5) is 25.9. The highest BCUT2D eigenvalue weighted by atomic mass is 16.6. The second-order valence-electron chi connectivity index (χ2n) is 7.40. The number of hydrogen-bond donors (Lipinski definition) is 0. The average molecular weight is 360 g/mol. The first-order chi connectivity index (χ1) is 12.6. The van der Waals surface area contributed by atoms with E-state index in [0.29, 0.717) is 5.75 Å². The largest absolute Gasteiger partial charge is 0.497 e. The highest BCUT2D eigenvalue weighted by Gasteiger charge is 2.65. The summed E-state index contributed by atoms with van der Waals surface area (Å²) < 4.78 is 22.0. The molecule has 6 nitrogen and oxygen atoms in total. The van der Waals surface area contributed by atoms with Crippen LogP contribution in [0.1, 0.15) is 42.7 Å². The maximum Gasteiger partial charge on any atom is 0.324 e. The van der Waals surface area contributed by atoms with Gasteiger partial charge in [0.15, 0.2) is 5.41 Å². The van der Waals surface area contributed by atoms with Crippen molar-refractivity contribution < 1.29 is 28.5 Å². The monoisotopic (exact) mass is 360 g/mol. The molecule has 1 saturated heterocycles. The number of hydrogen-bond acceptors (Lipinski definition) is 6. The maximum atomic E-state index is 13.0. The minimum absolute atomic E-state index is 0.0566. The SMILES string of the molecule is COC(=O)[C@@]12Cc3cc(OC)cc(OC)c3[C@@H]3[C@@H](CCCC[C@@H]31)OC2=O. The van der Waals surface area contributed by atoms with Gasteiger partial charge in [-0.1, -0.05) is 6.42 Å². The summed E-state index contributed by atoms with van der Waals surface area (Å²) in [5, 5.41) is 0. The number of rotatable bonds is 3. The van der Waals surface area contributed by atoms with E-state index in [1.165, 1.54) is 7.11 Å². The van der Waals surface area contributed by atoms with Crippen molar-refractivity contribution in [2.24, 2.45) is 11.3 Å².